The van der Waals surface area contributed by atoms with Crippen LogP contribution in [0.4, 0.5) is 0 Å². The first-order valence-electron chi connectivity index (χ1n) is 7.51. The Kier molecular flexibility index (Phi) is 4.71. The van der Waals surface area contributed by atoms with Crippen LogP contribution >= 0.6 is 11.8 Å². The third kappa shape index (κ3) is 3.36. The van der Waals surface area contributed by atoms with E-state index in [4.69, 9.17) is 9.84 Å². The van der Waals surface area contributed by atoms with Gasteiger partial charge < -0.3 is 9.84 Å². The summed E-state index contributed by atoms with van der Waals surface area (Å²) in [6, 6.07) is 15.7. The molecule has 1 heterocycles. The number of methoxy groups -OCH3 is 1. The highest BCUT2D eigenvalue weighted by Gasteiger charge is 2.15. The van der Waals surface area contributed by atoms with Crippen LogP contribution in [-0.2, 0) is 4.79 Å². The first-order valence-corrected chi connectivity index (χ1v) is 8.39. The minimum Gasteiger partial charge on any atom is -0.497 e. The fourth-order valence-electron chi connectivity index (χ4n) is 2.45. The number of rotatable bonds is 5. The Balaban J connectivity index is 2.07. The Morgan fingerprint density at radius 1 is 1.17 bits per heavy atom. The normalized spacial score (nSPS) is 12.1. The zero-order valence-electron chi connectivity index (χ0n) is 13.4. The summed E-state index contributed by atoms with van der Waals surface area (Å²) in [4.78, 5) is 16.4. The first-order chi connectivity index (χ1) is 11.6. The van der Waals surface area contributed by atoms with Crippen molar-refractivity contribution in [1.29, 1.82) is 0 Å². The van der Waals surface area contributed by atoms with Gasteiger partial charge in [-0.05, 0) is 48.4 Å². The van der Waals surface area contributed by atoms with Gasteiger partial charge in [-0.2, -0.15) is 0 Å². The maximum absolute atomic E-state index is 11.1. The van der Waals surface area contributed by atoms with Crippen molar-refractivity contribution in [2.24, 2.45) is 0 Å². The molecule has 5 heteroatoms. The molecule has 2 aromatic carbocycles. The number of nitrogens with zero attached hydrogens (tertiary/aromatic N) is 1. The number of thioether (sulfide) groups is 1. The van der Waals surface area contributed by atoms with E-state index in [9.17, 15) is 4.79 Å². The van der Waals surface area contributed by atoms with E-state index in [1.807, 2.05) is 48.5 Å². The third-order valence-corrected chi connectivity index (χ3v) is 4.92. The molecule has 1 N–H and O–H groups in total. The van der Waals surface area contributed by atoms with Crippen LogP contribution in [0.5, 0.6) is 5.75 Å². The van der Waals surface area contributed by atoms with Crippen molar-refractivity contribution in [2.75, 3.05) is 7.11 Å². The maximum atomic E-state index is 11.1. The van der Waals surface area contributed by atoms with Crippen molar-refractivity contribution in [3.8, 4) is 16.9 Å². The van der Waals surface area contributed by atoms with E-state index >= 15 is 0 Å². The summed E-state index contributed by atoms with van der Waals surface area (Å²) in [6.45, 7) is 1.69. The molecule has 0 amide bonds. The van der Waals surface area contributed by atoms with Gasteiger partial charge in [-0.3, -0.25) is 9.78 Å². The number of carboxylic acid groups (broad SMARTS) is 1. The number of hydrogen-bond donors (Lipinski definition) is 1. The Hall–Kier alpha value is -2.53. The second-order valence-corrected chi connectivity index (χ2v) is 6.75. The van der Waals surface area contributed by atoms with Crippen LogP contribution in [0.2, 0.25) is 0 Å². The molecule has 0 aliphatic heterocycles. The highest BCUT2D eigenvalue weighted by molar-refractivity contribution is 8.00. The SMILES string of the molecule is COc1cccc(-c2ccc3nccc(SC(C)C(=O)O)c3c2)c1. The van der Waals surface area contributed by atoms with Crippen LogP contribution in [0, 0.1) is 0 Å². The topological polar surface area (TPSA) is 59.4 Å². The summed E-state index contributed by atoms with van der Waals surface area (Å²) in [5, 5.41) is 9.59. The predicted molar refractivity (Wildman–Crippen MR) is 96.7 cm³/mol. The zero-order chi connectivity index (χ0) is 17.1. The van der Waals surface area contributed by atoms with E-state index in [1.165, 1.54) is 11.8 Å². The number of pyridine rings is 1. The number of hydrogen-bond acceptors (Lipinski definition) is 4. The number of ether oxygens (including phenoxy) is 1. The van der Waals surface area contributed by atoms with Gasteiger partial charge in [-0.25, -0.2) is 0 Å². The van der Waals surface area contributed by atoms with E-state index in [-0.39, 0.29) is 0 Å². The second-order valence-electron chi connectivity index (χ2n) is 5.37. The average molecular weight is 339 g/mol. The predicted octanol–water partition coefficient (Wildman–Crippen LogP) is 4.48. The average Bonchev–Trinajstić information content (AvgIpc) is 2.61. The van der Waals surface area contributed by atoms with Gasteiger partial charge in [0.05, 0.1) is 12.6 Å². The van der Waals surface area contributed by atoms with Gasteiger partial charge in [0, 0.05) is 16.5 Å². The van der Waals surface area contributed by atoms with E-state index < -0.39 is 11.2 Å². The molecule has 0 radical (unpaired) electrons. The number of aliphatic carboxylic acids is 1. The monoisotopic (exact) mass is 339 g/mol. The Bertz CT molecular complexity index is 895. The van der Waals surface area contributed by atoms with E-state index in [0.29, 0.717) is 0 Å². The molecule has 1 aromatic heterocycles. The van der Waals surface area contributed by atoms with Crippen LogP contribution in [0.3, 0.4) is 0 Å². The molecule has 4 nitrogen and oxygen atoms in total. The maximum Gasteiger partial charge on any atom is 0.316 e. The van der Waals surface area contributed by atoms with E-state index in [2.05, 4.69) is 4.98 Å². The van der Waals surface area contributed by atoms with Gasteiger partial charge >= 0.3 is 5.97 Å². The fourth-order valence-corrected chi connectivity index (χ4v) is 3.36. The van der Waals surface area contributed by atoms with Crippen molar-refractivity contribution in [3.05, 3.63) is 54.7 Å². The molecule has 1 atom stereocenters. The van der Waals surface area contributed by atoms with Gasteiger partial charge in [0.2, 0.25) is 0 Å². The minimum absolute atomic E-state index is 0.518. The molecule has 3 aromatic rings. The molecular formula is C19H17NO3S. The van der Waals surface area contributed by atoms with Crippen LogP contribution in [0.1, 0.15) is 6.92 Å². The Morgan fingerprint density at radius 2 is 1.96 bits per heavy atom. The van der Waals surface area contributed by atoms with E-state index in [1.54, 1.807) is 20.2 Å². The summed E-state index contributed by atoms with van der Waals surface area (Å²) in [5.74, 6) is -0.0261. The second kappa shape index (κ2) is 6.93. The largest absolute Gasteiger partial charge is 0.497 e. The molecule has 122 valence electrons. The summed E-state index contributed by atoms with van der Waals surface area (Å²) in [6.07, 6.45) is 1.71. The molecule has 0 saturated carbocycles. The Morgan fingerprint density at radius 3 is 2.71 bits per heavy atom. The smallest absolute Gasteiger partial charge is 0.316 e. The molecule has 0 bridgehead atoms. The lowest BCUT2D eigenvalue weighted by atomic mass is 10.0. The molecule has 0 fully saturated rings. The lowest BCUT2D eigenvalue weighted by Gasteiger charge is -2.11. The van der Waals surface area contributed by atoms with Gasteiger partial charge in [0.25, 0.3) is 0 Å². The number of aromatic nitrogens is 1. The lowest BCUT2D eigenvalue weighted by molar-refractivity contribution is -0.136. The van der Waals surface area contributed by atoms with Crippen LogP contribution in [-0.4, -0.2) is 28.4 Å². The molecule has 0 aliphatic carbocycles. The van der Waals surface area contributed by atoms with Crippen molar-refractivity contribution >= 4 is 28.6 Å². The summed E-state index contributed by atoms with van der Waals surface area (Å²) in [7, 11) is 1.64. The molecule has 1 unspecified atom stereocenters. The Labute approximate surface area is 144 Å². The van der Waals surface area contributed by atoms with Gasteiger partial charge in [0.1, 0.15) is 11.0 Å². The molecular weight excluding hydrogens is 322 g/mol. The standard InChI is InChI=1S/C19H17NO3S/c1-12(19(21)22)24-18-8-9-20-17-7-6-14(11-16(17)18)13-4-3-5-15(10-13)23-2/h3-12H,1-2H3,(H,21,22). The zero-order valence-corrected chi connectivity index (χ0v) is 14.2. The molecule has 0 aliphatic rings. The lowest BCUT2D eigenvalue weighted by Crippen LogP contribution is -2.11. The number of carbonyl (C=O) groups is 1. The van der Waals surface area contributed by atoms with Gasteiger partial charge in [-0.1, -0.05) is 18.2 Å². The third-order valence-electron chi connectivity index (χ3n) is 3.76. The van der Waals surface area contributed by atoms with Crippen molar-refractivity contribution < 1.29 is 14.6 Å². The highest BCUT2D eigenvalue weighted by atomic mass is 32.2. The van der Waals surface area contributed by atoms with Gasteiger partial charge in [0.15, 0.2) is 0 Å². The van der Waals surface area contributed by atoms with Crippen LogP contribution in [0.15, 0.2) is 59.6 Å². The quantitative estimate of drug-likeness (QED) is 0.695. The van der Waals surface area contributed by atoms with Gasteiger partial charge in [-0.15, -0.1) is 11.8 Å². The van der Waals surface area contributed by atoms with E-state index in [0.717, 1.165) is 32.7 Å². The highest BCUT2D eigenvalue weighted by Crippen LogP contribution is 2.33. The fraction of sp³-hybridized carbons (Fsp3) is 0.158. The summed E-state index contributed by atoms with van der Waals surface area (Å²) >= 11 is 1.33. The minimum atomic E-state index is -0.825. The van der Waals surface area contributed by atoms with Crippen LogP contribution < -0.4 is 4.74 Å². The van der Waals surface area contributed by atoms with Crippen molar-refractivity contribution in [1.82, 2.24) is 4.98 Å². The summed E-state index contributed by atoms with van der Waals surface area (Å²) < 4.78 is 5.28. The number of benzene rings is 2. The molecule has 24 heavy (non-hydrogen) atoms. The van der Waals surface area contributed by atoms with Crippen LogP contribution in [0.25, 0.3) is 22.0 Å². The van der Waals surface area contributed by atoms with Crippen molar-refractivity contribution in [2.45, 2.75) is 17.1 Å². The molecule has 0 spiro atoms. The number of fused-ring (bicyclic) bond motifs is 1. The molecule has 0 saturated heterocycles. The molecule has 3 rings (SSSR count). The number of carboxylic acids is 1. The summed E-state index contributed by atoms with van der Waals surface area (Å²) in [5.41, 5.74) is 2.94. The van der Waals surface area contributed by atoms with Crippen molar-refractivity contribution in [3.63, 3.8) is 0 Å². The first kappa shape index (κ1) is 16.3.